The van der Waals surface area contributed by atoms with Crippen molar-refractivity contribution in [3.63, 3.8) is 0 Å². The largest absolute Gasteiger partial charge is 0.445 e. The molecule has 1 aromatic carbocycles. The highest BCUT2D eigenvalue weighted by atomic mass is 32.1. The number of likely N-dealkylation sites (tertiary alicyclic amines) is 1. The van der Waals surface area contributed by atoms with Crippen LogP contribution < -0.4 is 5.32 Å². The van der Waals surface area contributed by atoms with E-state index in [2.05, 4.69) is 22.2 Å². The molecule has 148 valence electrons. The molecule has 3 heterocycles. The molecule has 2 aliphatic rings. The summed E-state index contributed by atoms with van der Waals surface area (Å²) >= 11 is 1.52. The first-order valence-electron chi connectivity index (χ1n) is 9.55. The number of nitrogens with zero attached hydrogens (tertiary/aromatic N) is 3. The monoisotopic (exact) mass is 400 g/mol. The molecular formula is C20H24N4O3S. The fourth-order valence-electron chi connectivity index (χ4n) is 3.63. The maximum absolute atomic E-state index is 12.8. The van der Waals surface area contributed by atoms with Gasteiger partial charge in [0.15, 0.2) is 5.13 Å². The smallest absolute Gasteiger partial charge is 0.410 e. The molecule has 1 fully saturated rings. The van der Waals surface area contributed by atoms with Gasteiger partial charge in [0.1, 0.15) is 12.6 Å². The second-order valence-corrected chi connectivity index (χ2v) is 8.34. The van der Waals surface area contributed by atoms with E-state index in [-0.39, 0.29) is 12.5 Å². The molecule has 1 N–H and O–H groups in total. The van der Waals surface area contributed by atoms with Crippen molar-refractivity contribution >= 4 is 28.5 Å². The summed E-state index contributed by atoms with van der Waals surface area (Å²) in [6, 6.07) is 9.03. The molecule has 28 heavy (non-hydrogen) atoms. The SMILES string of the molecule is CN1CCc2nc(NC(=O)C3CCCN3C(=O)OCc3ccccc3)sc2C1. The van der Waals surface area contributed by atoms with Crippen LogP contribution in [0.5, 0.6) is 0 Å². The van der Waals surface area contributed by atoms with Crippen LogP contribution in [-0.2, 0) is 29.1 Å². The number of thiazole rings is 1. The van der Waals surface area contributed by atoms with Gasteiger partial charge in [-0.05, 0) is 25.5 Å². The van der Waals surface area contributed by atoms with E-state index >= 15 is 0 Å². The summed E-state index contributed by atoms with van der Waals surface area (Å²) in [4.78, 5) is 34.8. The molecular weight excluding hydrogens is 376 g/mol. The van der Waals surface area contributed by atoms with E-state index in [9.17, 15) is 9.59 Å². The molecule has 2 aliphatic heterocycles. The molecule has 1 aromatic heterocycles. The van der Waals surface area contributed by atoms with E-state index in [1.54, 1.807) is 0 Å². The van der Waals surface area contributed by atoms with Crippen molar-refractivity contribution < 1.29 is 14.3 Å². The van der Waals surface area contributed by atoms with Crippen LogP contribution in [0.15, 0.2) is 30.3 Å². The van der Waals surface area contributed by atoms with Gasteiger partial charge in [-0.25, -0.2) is 9.78 Å². The maximum atomic E-state index is 12.8. The number of nitrogens with one attached hydrogen (secondary N) is 1. The standard InChI is InChI=1S/C20H24N4O3S/c1-23-11-9-15-17(12-23)28-19(21-15)22-18(25)16-8-5-10-24(16)20(26)27-13-14-6-3-2-4-7-14/h2-4,6-7,16H,5,8-13H2,1H3,(H,21,22,25). The number of ether oxygens (including phenoxy) is 1. The topological polar surface area (TPSA) is 74.8 Å². The van der Waals surface area contributed by atoms with Crippen molar-refractivity contribution in [2.45, 2.75) is 38.5 Å². The van der Waals surface area contributed by atoms with E-state index in [1.807, 2.05) is 30.3 Å². The second kappa shape index (κ2) is 8.28. The van der Waals surface area contributed by atoms with Crippen molar-refractivity contribution in [2.24, 2.45) is 0 Å². The Morgan fingerprint density at radius 3 is 2.93 bits per heavy atom. The third kappa shape index (κ3) is 4.18. The molecule has 7 nitrogen and oxygen atoms in total. The van der Waals surface area contributed by atoms with E-state index < -0.39 is 12.1 Å². The zero-order valence-electron chi connectivity index (χ0n) is 15.9. The number of carbonyl (C=O) groups is 2. The van der Waals surface area contributed by atoms with Gasteiger partial charge in [0.05, 0.1) is 5.69 Å². The highest BCUT2D eigenvalue weighted by Crippen LogP contribution is 2.28. The Balaban J connectivity index is 1.36. The third-order valence-electron chi connectivity index (χ3n) is 5.15. The number of benzene rings is 1. The lowest BCUT2D eigenvalue weighted by Crippen LogP contribution is -2.43. The summed E-state index contributed by atoms with van der Waals surface area (Å²) in [5.74, 6) is -0.186. The summed E-state index contributed by atoms with van der Waals surface area (Å²) in [5, 5.41) is 3.54. The van der Waals surface area contributed by atoms with Crippen LogP contribution in [0.2, 0.25) is 0 Å². The Hall–Kier alpha value is -2.45. The van der Waals surface area contributed by atoms with Gasteiger partial charge in [-0.2, -0.15) is 0 Å². The maximum Gasteiger partial charge on any atom is 0.410 e. The van der Waals surface area contributed by atoms with Crippen molar-refractivity contribution in [3.05, 3.63) is 46.5 Å². The molecule has 8 heteroatoms. The van der Waals surface area contributed by atoms with E-state index in [4.69, 9.17) is 4.74 Å². The van der Waals surface area contributed by atoms with Gasteiger partial charge in [-0.1, -0.05) is 30.3 Å². The van der Waals surface area contributed by atoms with Gasteiger partial charge in [0.2, 0.25) is 5.91 Å². The van der Waals surface area contributed by atoms with Crippen molar-refractivity contribution in [1.82, 2.24) is 14.8 Å². The fourth-order valence-corrected chi connectivity index (χ4v) is 4.72. The first-order valence-corrected chi connectivity index (χ1v) is 10.4. The Kier molecular flexibility index (Phi) is 5.59. The number of rotatable bonds is 4. The number of fused-ring (bicyclic) bond motifs is 1. The lowest BCUT2D eigenvalue weighted by molar-refractivity contribution is -0.120. The van der Waals surface area contributed by atoms with Crippen LogP contribution in [0.4, 0.5) is 9.93 Å². The number of likely N-dealkylation sites (N-methyl/N-ethyl adjacent to an activating group) is 1. The summed E-state index contributed by atoms with van der Waals surface area (Å²) in [7, 11) is 2.08. The quantitative estimate of drug-likeness (QED) is 0.854. The molecule has 0 bridgehead atoms. The van der Waals surface area contributed by atoms with Gasteiger partial charge in [-0.15, -0.1) is 11.3 Å². The number of aromatic nitrogens is 1. The lowest BCUT2D eigenvalue weighted by Gasteiger charge is -2.22. The average molecular weight is 401 g/mol. The van der Waals surface area contributed by atoms with Gasteiger partial charge in [-0.3, -0.25) is 9.69 Å². The van der Waals surface area contributed by atoms with Crippen LogP contribution in [0.1, 0.15) is 29.0 Å². The molecule has 1 unspecified atom stereocenters. The highest BCUT2D eigenvalue weighted by molar-refractivity contribution is 7.15. The van der Waals surface area contributed by atoms with Crippen LogP contribution in [0, 0.1) is 0 Å². The first-order chi connectivity index (χ1) is 13.6. The Morgan fingerprint density at radius 2 is 2.11 bits per heavy atom. The van der Waals surface area contributed by atoms with Gasteiger partial charge in [0, 0.05) is 30.9 Å². The third-order valence-corrected chi connectivity index (χ3v) is 6.15. The van der Waals surface area contributed by atoms with Crippen LogP contribution >= 0.6 is 11.3 Å². The van der Waals surface area contributed by atoms with E-state index in [1.165, 1.54) is 21.1 Å². The number of carbonyl (C=O) groups excluding carboxylic acids is 2. The molecule has 0 saturated carbocycles. The summed E-state index contributed by atoms with van der Waals surface area (Å²) in [5.41, 5.74) is 2.00. The fraction of sp³-hybridized carbons (Fsp3) is 0.450. The Bertz CT molecular complexity index is 854. The zero-order valence-corrected chi connectivity index (χ0v) is 16.7. The Morgan fingerprint density at radius 1 is 1.29 bits per heavy atom. The normalized spacial score (nSPS) is 19.3. The predicted molar refractivity (Wildman–Crippen MR) is 107 cm³/mol. The minimum atomic E-state index is -0.508. The molecule has 0 radical (unpaired) electrons. The van der Waals surface area contributed by atoms with Crippen LogP contribution in [0.3, 0.4) is 0 Å². The summed E-state index contributed by atoms with van der Waals surface area (Å²) in [6.45, 7) is 2.58. The number of hydrogen-bond acceptors (Lipinski definition) is 6. The molecule has 4 rings (SSSR count). The van der Waals surface area contributed by atoms with Gasteiger partial charge >= 0.3 is 6.09 Å². The predicted octanol–water partition coefficient (Wildman–Crippen LogP) is 2.87. The van der Waals surface area contributed by atoms with Crippen molar-refractivity contribution in [2.75, 3.05) is 25.5 Å². The lowest BCUT2D eigenvalue weighted by atomic mass is 10.2. The summed E-state index contributed by atoms with van der Waals surface area (Å²) in [6.07, 6.45) is 1.89. The van der Waals surface area contributed by atoms with Gasteiger partial charge in [0.25, 0.3) is 0 Å². The number of hydrogen-bond donors (Lipinski definition) is 1. The molecule has 2 aromatic rings. The molecule has 1 atom stereocenters. The summed E-state index contributed by atoms with van der Waals surface area (Å²) < 4.78 is 5.41. The minimum Gasteiger partial charge on any atom is -0.445 e. The number of amides is 2. The average Bonchev–Trinajstić information content (AvgIpc) is 3.33. The van der Waals surface area contributed by atoms with Crippen molar-refractivity contribution in [1.29, 1.82) is 0 Å². The number of anilines is 1. The molecule has 2 amide bonds. The van der Waals surface area contributed by atoms with E-state index in [0.29, 0.717) is 18.1 Å². The van der Waals surface area contributed by atoms with Crippen LogP contribution in [-0.4, -0.2) is 53.0 Å². The van der Waals surface area contributed by atoms with Crippen LogP contribution in [0.25, 0.3) is 0 Å². The first kappa shape index (κ1) is 18.9. The second-order valence-electron chi connectivity index (χ2n) is 7.26. The molecule has 1 saturated heterocycles. The minimum absolute atomic E-state index is 0.186. The van der Waals surface area contributed by atoms with Gasteiger partial charge < -0.3 is 15.0 Å². The highest BCUT2D eigenvalue weighted by Gasteiger charge is 2.35. The van der Waals surface area contributed by atoms with Crippen molar-refractivity contribution in [3.8, 4) is 0 Å². The molecule has 0 aliphatic carbocycles. The molecule has 0 spiro atoms. The van der Waals surface area contributed by atoms with E-state index in [0.717, 1.165) is 37.2 Å². The Labute approximate surface area is 168 Å². The zero-order chi connectivity index (χ0) is 19.5.